The van der Waals surface area contributed by atoms with E-state index in [1.165, 1.54) is 18.3 Å². The second kappa shape index (κ2) is 5.40. The third kappa shape index (κ3) is 2.46. The van der Waals surface area contributed by atoms with Crippen molar-refractivity contribution in [3.8, 4) is 0 Å². The Bertz CT molecular complexity index is 697. The number of aromatic nitrogens is 1. The normalized spacial score (nSPS) is 10.7. The minimum Gasteiger partial charge on any atom is -0.358 e. The molecule has 0 fully saturated rings. The van der Waals surface area contributed by atoms with Crippen LogP contribution < -0.4 is 10.7 Å². The van der Waals surface area contributed by atoms with Crippen LogP contribution in [-0.2, 0) is 0 Å². The quantitative estimate of drug-likeness (QED) is 0.908. The number of halogens is 2. The van der Waals surface area contributed by atoms with E-state index in [2.05, 4.69) is 10.3 Å². The van der Waals surface area contributed by atoms with Crippen LogP contribution in [0.5, 0.6) is 0 Å². The number of H-pyrrole nitrogens is 1. The first-order valence-corrected chi connectivity index (χ1v) is 6.21. The van der Waals surface area contributed by atoms with Crippen LogP contribution in [0.4, 0.5) is 4.39 Å². The standard InChI is InChI=1S/C13H12ClFN2O2/c1-2-5-16-13(19)8-6-17-11-7(12(8)18)3-4-9(14)10(11)15/h3-4,6H,2,5H2,1H3,(H,16,19)(H,17,18). The lowest BCUT2D eigenvalue weighted by Crippen LogP contribution is -2.29. The molecule has 0 saturated heterocycles. The summed E-state index contributed by atoms with van der Waals surface area (Å²) in [5, 5.41) is 2.63. The number of fused-ring (bicyclic) bond motifs is 1. The molecule has 0 radical (unpaired) electrons. The molecule has 0 aliphatic carbocycles. The van der Waals surface area contributed by atoms with Gasteiger partial charge >= 0.3 is 0 Å². The van der Waals surface area contributed by atoms with Gasteiger partial charge in [-0.3, -0.25) is 9.59 Å². The predicted molar refractivity (Wildman–Crippen MR) is 72.2 cm³/mol. The smallest absolute Gasteiger partial charge is 0.256 e. The van der Waals surface area contributed by atoms with E-state index in [0.29, 0.717) is 6.54 Å². The molecule has 0 saturated carbocycles. The summed E-state index contributed by atoms with van der Waals surface area (Å²) in [6.07, 6.45) is 1.97. The van der Waals surface area contributed by atoms with Crippen LogP contribution >= 0.6 is 11.6 Å². The molecule has 0 atom stereocenters. The number of hydrogen-bond donors (Lipinski definition) is 2. The molecule has 1 heterocycles. The predicted octanol–water partition coefficient (Wildman–Crippen LogP) is 2.46. The second-order valence-corrected chi connectivity index (χ2v) is 4.48. The molecule has 0 aliphatic rings. The molecule has 4 nitrogen and oxygen atoms in total. The Morgan fingerprint density at radius 2 is 2.21 bits per heavy atom. The summed E-state index contributed by atoms with van der Waals surface area (Å²) in [4.78, 5) is 26.5. The topological polar surface area (TPSA) is 62.0 Å². The summed E-state index contributed by atoms with van der Waals surface area (Å²) in [6.45, 7) is 2.38. The lowest BCUT2D eigenvalue weighted by Gasteiger charge is -2.05. The Labute approximate surface area is 113 Å². The number of nitrogens with one attached hydrogen (secondary N) is 2. The fraction of sp³-hybridized carbons (Fsp3) is 0.231. The van der Waals surface area contributed by atoms with E-state index in [1.807, 2.05) is 6.92 Å². The van der Waals surface area contributed by atoms with Crippen molar-refractivity contribution in [2.45, 2.75) is 13.3 Å². The molecule has 100 valence electrons. The Morgan fingerprint density at radius 3 is 2.89 bits per heavy atom. The van der Waals surface area contributed by atoms with E-state index in [0.717, 1.165) is 6.42 Å². The molecule has 2 rings (SSSR count). The zero-order valence-corrected chi connectivity index (χ0v) is 11.0. The highest BCUT2D eigenvalue weighted by Crippen LogP contribution is 2.20. The van der Waals surface area contributed by atoms with Gasteiger partial charge < -0.3 is 10.3 Å². The summed E-state index contributed by atoms with van der Waals surface area (Å²) in [5.74, 6) is -1.17. The minimum absolute atomic E-state index is 0.00421. The Kier molecular flexibility index (Phi) is 3.85. The maximum Gasteiger partial charge on any atom is 0.256 e. The molecule has 6 heteroatoms. The van der Waals surface area contributed by atoms with E-state index in [4.69, 9.17) is 11.6 Å². The van der Waals surface area contributed by atoms with Gasteiger partial charge in [0.1, 0.15) is 5.56 Å². The van der Waals surface area contributed by atoms with Crippen molar-refractivity contribution >= 4 is 28.4 Å². The van der Waals surface area contributed by atoms with Crippen molar-refractivity contribution in [2.75, 3.05) is 6.54 Å². The fourth-order valence-corrected chi connectivity index (χ4v) is 1.90. The third-order valence-electron chi connectivity index (χ3n) is 2.73. The lowest BCUT2D eigenvalue weighted by atomic mass is 10.1. The third-order valence-corrected chi connectivity index (χ3v) is 3.02. The van der Waals surface area contributed by atoms with Gasteiger partial charge in [-0.05, 0) is 18.6 Å². The number of aromatic amines is 1. The average molecular weight is 283 g/mol. The van der Waals surface area contributed by atoms with Crippen LogP contribution in [0.2, 0.25) is 5.02 Å². The van der Waals surface area contributed by atoms with Gasteiger partial charge in [0.2, 0.25) is 5.43 Å². The molecule has 1 aromatic carbocycles. The van der Waals surface area contributed by atoms with Crippen molar-refractivity contribution in [3.63, 3.8) is 0 Å². The van der Waals surface area contributed by atoms with Crippen LogP contribution in [0.1, 0.15) is 23.7 Å². The van der Waals surface area contributed by atoms with Crippen molar-refractivity contribution in [1.82, 2.24) is 10.3 Å². The number of carbonyl (C=O) groups excluding carboxylic acids is 1. The van der Waals surface area contributed by atoms with Crippen LogP contribution in [-0.4, -0.2) is 17.4 Å². The molecule has 0 bridgehead atoms. The second-order valence-electron chi connectivity index (χ2n) is 4.07. The fourth-order valence-electron chi connectivity index (χ4n) is 1.74. The average Bonchev–Trinajstić information content (AvgIpc) is 2.41. The number of rotatable bonds is 3. The molecule has 0 spiro atoms. The molecule has 0 aliphatic heterocycles. The molecule has 1 amide bonds. The van der Waals surface area contributed by atoms with E-state index in [1.54, 1.807) is 0 Å². The lowest BCUT2D eigenvalue weighted by molar-refractivity contribution is 0.0952. The van der Waals surface area contributed by atoms with Gasteiger partial charge in [-0.2, -0.15) is 0 Å². The summed E-state index contributed by atoms with van der Waals surface area (Å²) in [6, 6.07) is 2.69. The zero-order valence-electron chi connectivity index (χ0n) is 10.2. The minimum atomic E-state index is -0.697. The van der Waals surface area contributed by atoms with Gasteiger partial charge in [0.05, 0.1) is 10.5 Å². The highest BCUT2D eigenvalue weighted by atomic mass is 35.5. The van der Waals surface area contributed by atoms with E-state index >= 15 is 0 Å². The van der Waals surface area contributed by atoms with E-state index < -0.39 is 17.2 Å². The molecular formula is C13H12ClFN2O2. The summed E-state index contributed by atoms with van der Waals surface area (Å²) in [5.41, 5.74) is -0.551. The molecule has 2 N–H and O–H groups in total. The highest BCUT2D eigenvalue weighted by molar-refractivity contribution is 6.31. The number of hydrogen-bond acceptors (Lipinski definition) is 2. The van der Waals surface area contributed by atoms with Gasteiger partial charge in [0, 0.05) is 18.1 Å². The van der Waals surface area contributed by atoms with E-state index in [9.17, 15) is 14.0 Å². The first-order chi connectivity index (χ1) is 9.06. The summed E-state index contributed by atoms with van der Waals surface area (Å²) < 4.78 is 13.7. The Morgan fingerprint density at radius 1 is 1.47 bits per heavy atom. The number of benzene rings is 1. The van der Waals surface area contributed by atoms with Crippen LogP contribution in [0.25, 0.3) is 10.9 Å². The molecule has 2 aromatic rings. The van der Waals surface area contributed by atoms with Gasteiger partial charge in [-0.25, -0.2) is 4.39 Å². The molecule has 0 unspecified atom stereocenters. The maximum absolute atomic E-state index is 13.7. The Balaban J connectivity index is 2.56. The van der Waals surface area contributed by atoms with Crippen molar-refractivity contribution < 1.29 is 9.18 Å². The number of carbonyl (C=O) groups is 1. The molecule has 19 heavy (non-hydrogen) atoms. The largest absolute Gasteiger partial charge is 0.358 e. The van der Waals surface area contributed by atoms with Crippen LogP contribution in [0.3, 0.4) is 0 Å². The molecule has 1 aromatic heterocycles. The van der Waals surface area contributed by atoms with Gasteiger partial charge in [-0.1, -0.05) is 18.5 Å². The first kappa shape index (κ1) is 13.5. The van der Waals surface area contributed by atoms with Gasteiger partial charge in [-0.15, -0.1) is 0 Å². The highest BCUT2D eigenvalue weighted by Gasteiger charge is 2.15. The van der Waals surface area contributed by atoms with Crippen molar-refractivity contribution in [2.24, 2.45) is 0 Å². The maximum atomic E-state index is 13.7. The molecular weight excluding hydrogens is 271 g/mol. The Hall–Kier alpha value is -1.88. The van der Waals surface area contributed by atoms with Gasteiger partial charge in [0.15, 0.2) is 5.82 Å². The zero-order chi connectivity index (χ0) is 14.0. The van der Waals surface area contributed by atoms with Crippen LogP contribution in [0, 0.1) is 5.82 Å². The first-order valence-electron chi connectivity index (χ1n) is 5.83. The van der Waals surface area contributed by atoms with Gasteiger partial charge in [0.25, 0.3) is 5.91 Å². The number of pyridine rings is 1. The van der Waals surface area contributed by atoms with Crippen molar-refractivity contribution in [1.29, 1.82) is 0 Å². The SMILES string of the molecule is CCCNC(=O)c1c[nH]c2c(F)c(Cl)ccc2c1=O. The monoisotopic (exact) mass is 282 g/mol. The summed E-state index contributed by atoms with van der Waals surface area (Å²) >= 11 is 5.63. The summed E-state index contributed by atoms with van der Waals surface area (Å²) in [7, 11) is 0. The number of amides is 1. The van der Waals surface area contributed by atoms with Crippen molar-refractivity contribution in [3.05, 3.63) is 45.0 Å². The van der Waals surface area contributed by atoms with E-state index in [-0.39, 0.29) is 21.5 Å². The van der Waals surface area contributed by atoms with Crippen LogP contribution in [0.15, 0.2) is 23.1 Å².